The first kappa shape index (κ1) is 15.2. The average Bonchev–Trinajstić information content (AvgIpc) is 3.03. The molecule has 1 atom stereocenters. The van der Waals surface area contributed by atoms with Crippen molar-refractivity contribution < 1.29 is 12.8 Å². The highest BCUT2D eigenvalue weighted by Crippen LogP contribution is 2.24. The maximum atomic E-state index is 11.6. The number of aryl methyl sites for hydroxylation is 1. The van der Waals surface area contributed by atoms with Crippen LogP contribution in [0.5, 0.6) is 0 Å². The monoisotopic (exact) mass is 320 g/mol. The Labute approximate surface area is 130 Å². The summed E-state index contributed by atoms with van der Waals surface area (Å²) in [5.74, 6) is 1.92. The van der Waals surface area contributed by atoms with Crippen LogP contribution in [0.25, 0.3) is 11.5 Å². The first-order valence-electron chi connectivity index (χ1n) is 7.37. The standard InChI is InChI=1S/C16H20N2O3S/c1-12-15(10-18(2)14-8-9-22(19,20)11-14)17-16(21-12)13-6-4-3-5-7-13/h3-7,14H,8-11H2,1-2H3. The Hall–Kier alpha value is -1.66. The summed E-state index contributed by atoms with van der Waals surface area (Å²) in [5.41, 5.74) is 1.81. The number of hydrogen-bond acceptors (Lipinski definition) is 5. The largest absolute Gasteiger partial charge is 0.441 e. The van der Waals surface area contributed by atoms with Crippen LogP contribution in [-0.2, 0) is 16.4 Å². The Morgan fingerprint density at radius 2 is 2.05 bits per heavy atom. The highest BCUT2D eigenvalue weighted by Gasteiger charge is 2.31. The Balaban J connectivity index is 1.75. The summed E-state index contributed by atoms with van der Waals surface area (Å²) in [6.07, 6.45) is 0.696. The van der Waals surface area contributed by atoms with Crippen molar-refractivity contribution in [1.29, 1.82) is 0 Å². The van der Waals surface area contributed by atoms with Crippen molar-refractivity contribution in [3.8, 4) is 11.5 Å². The second-order valence-corrected chi connectivity index (χ2v) is 8.09. The Morgan fingerprint density at radius 3 is 2.68 bits per heavy atom. The van der Waals surface area contributed by atoms with E-state index >= 15 is 0 Å². The number of sulfone groups is 1. The van der Waals surface area contributed by atoms with Gasteiger partial charge in [-0.1, -0.05) is 18.2 Å². The summed E-state index contributed by atoms with van der Waals surface area (Å²) in [6, 6.07) is 9.84. The van der Waals surface area contributed by atoms with Gasteiger partial charge in [0.05, 0.1) is 17.2 Å². The van der Waals surface area contributed by atoms with Gasteiger partial charge in [0.25, 0.3) is 0 Å². The molecule has 22 heavy (non-hydrogen) atoms. The topological polar surface area (TPSA) is 63.4 Å². The van der Waals surface area contributed by atoms with Crippen molar-refractivity contribution in [2.75, 3.05) is 18.6 Å². The molecule has 1 saturated heterocycles. The summed E-state index contributed by atoms with van der Waals surface area (Å²) in [4.78, 5) is 6.63. The molecule has 1 fully saturated rings. The molecule has 0 radical (unpaired) electrons. The second-order valence-electron chi connectivity index (χ2n) is 5.86. The predicted molar refractivity (Wildman–Crippen MR) is 85.2 cm³/mol. The summed E-state index contributed by atoms with van der Waals surface area (Å²) in [5, 5.41) is 0. The maximum absolute atomic E-state index is 11.6. The molecule has 1 aliphatic heterocycles. The quantitative estimate of drug-likeness (QED) is 0.865. The van der Waals surface area contributed by atoms with Gasteiger partial charge < -0.3 is 4.42 Å². The first-order valence-corrected chi connectivity index (χ1v) is 9.19. The lowest BCUT2D eigenvalue weighted by Crippen LogP contribution is -2.32. The summed E-state index contributed by atoms with van der Waals surface area (Å²) in [6.45, 7) is 2.50. The SMILES string of the molecule is Cc1oc(-c2ccccc2)nc1CN(C)C1CCS(=O)(=O)C1. The van der Waals surface area contributed by atoms with Crippen LogP contribution in [0, 0.1) is 6.92 Å². The van der Waals surface area contributed by atoms with Crippen LogP contribution in [0.4, 0.5) is 0 Å². The molecular weight excluding hydrogens is 300 g/mol. The van der Waals surface area contributed by atoms with Crippen molar-refractivity contribution in [2.45, 2.75) is 25.9 Å². The maximum Gasteiger partial charge on any atom is 0.226 e. The molecule has 1 unspecified atom stereocenters. The van der Waals surface area contributed by atoms with Gasteiger partial charge in [-0.3, -0.25) is 4.90 Å². The number of nitrogens with zero attached hydrogens (tertiary/aromatic N) is 2. The van der Waals surface area contributed by atoms with Crippen molar-refractivity contribution in [1.82, 2.24) is 9.88 Å². The van der Waals surface area contributed by atoms with Crippen molar-refractivity contribution in [3.05, 3.63) is 41.8 Å². The molecule has 0 spiro atoms. The fourth-order valence-electron chi connectivity index (χ4n) is 2.77. The second kappa shape index (κ2) is 5.85. The number of oxazole rings is 1. The lowest BCUT2D eigenvalue weighted by molar-refractivity contribution is 0.250. The third kappa shape index (κ3) is 3.23. The van der Waals surface area contributed by atoms with Gasteiger partial charge in [-0.05, 0) is 32.5 Å². The molecule has 1 aromatic heterocycles. The van der Waals surface area contributed by atoms with Gasteiger partial charge in [-0.15, -0.1) is 0 Å². The zero-order valence-electron chi connectivity index (χ0n) is 12.8. The number of rotatable bonds is 4. The molecule has 1 aliphatic rings. The highest BCUT2D eigenvalue weighted by molar-refractivity contribution is 7.91. The normalized spacial score (nSPS) is 20.6. The van der Waals surface area contributed by atoms with Crippen LogP contribution < -0.4 is 0 Å². The minimum Gasteiger partial charge on any atom is -0.441 e. The van der Waals surface area contributed by atoms with Gasteiger partial charge in [0.15, 0.2) is 9.84 Å². The zero-order chi connectivity index (χ0) is 15.7. The van der Waals surface area contributed by atoms with Gasteiger partial charge in [0.1, 0.15) is 5.76 Å². The highest BCUT2D eigenvalue weighted by atomic mass is 32.2. The number of benzene rings is 1. The van der Waals surface area contributed by atoms with Crippen LogP contribution in [0.3, 0.4) is 0 Å². The molecule has 0 N–H and O–H groups in total. The molecule has 3 rings (SSSR count). The van der Waals surface area contributed by atoms with E-state index in [9.17, 15) is 8.42 Å². The van der Waals surface area contributed by atoms with E-state index in [1.54, 1.807) is 0 Å². The van der Waals surface area contributed by atoms with Crippen LogP contribution >= 0.6 is 0 Å². The fraction of sp³-hybridized carbons (Fsp3) is 0.438. The summed E-state index contributed by atoms with van der Waals surface area (Å²) >= 11 is 0. The molecule has 5 nitrogen and oxygen atoms in total. The molecule has 2 aromatic rings. The van der Waals surface area contributed by atoms with Crippen molar-refractivity contribution in [2.24, 2.45) is 0 Å². The molecular formula is C16H20N2O3S. The van der Waals surface area contributed by atoms with Crippen molar-refractivity contribution in [3.63, 3.8) is 0 Å². The van der Waals surface area contributed by atoms with Gasteiger partial charge in [-0.2, -0.15) is 0 Å². The van der Waals surface area contributed by atoms with Gasteiger partial charge >= 0.3 is 0 Å². The molecule has 118 valence electrons. The van der Waals surface area contributed by atoms with Crippen molar-refractivity contribution >= 4 is 9.84 Å². The summed E-state index contributed by atoms with van der Waals surface area (Å²) < 4.78 is 28.9. The van der Waals surface area contributed by atoms with Crippen LogP contribution in [0.1, 0.15) is 17.9 Å². The lowest BCUT2D eigenvalue weighted by atomic mass is 10.2. The molecule has 0 amide bonds. The van der Waals surface area contributed by atoms with E-state index in [0.29, 0.717) is 18.9 Å². The van der Waals surface area contributed by atoms with E-state index < -0.39 is 9.84 Å². The van der Waals surface area contributed by atoms with E-state index in [1.807, 2.05) is 44.3 Å². The number of aromatic nitrogens is 1. The summed E-state index contributed by atoms with van der Waals surface area (Å²) in [7, 11) is -0.920. The van der Waals surface area contributed by atoms with Gasteiger partial charge in [0.2, 0.25) is 5.89 Å². The van der Waals surface area contributed by atoms with Gasteiger partial charge in [0, 0.05) is 18.2 Å². The lowest BCUT2D eigenvalue weighted by Gasteiger charge is -2.21. The molecule has 6 heteroatoms. The Bertz CT molecular complexity index is 753. The van der Waals surface area contributed by atoms with Crippen LogP contribution in [0.2, 0.25) is 0 Å². The van der Waals surface area contributed by atoms with E-state index in [-0.39, 0.29) is 17.5 Å². The van der Waals surface area contributed by atoms with Crippen LogP contribution in [-0.4, -0.2) is 42.9 Å². The third-order valence-corrected chi connectivity index (χ3v) is 5.89. The minimum atomic E-state index is -2.87. The number of hydrogen-bond donors (Lipinski definition) is 0. The van der Waals surface area contributed by atoms with E-state index in [4.69, 9.17) is 4.42 Å². The predicted octanol–water partition coefficient (Wildman–Crippen LogP) is 2.27. The smallest absolute Gasteiger partial charge is 0.226 e. The third-order valence-electron chi connectivity index (χ3n) is 4.14. The molecule has 0 aliphatic carbocycles. The van der Waals surface area contributed by atoms with Crippen LogP contribution in [0.15, 0.2) is 34.7 Å². The molecule has 0 bridgehead atoms. The van der Waals surface area contributed by atoms with E-state index in [1.165, 1.54) is 0 Å². The van der Waals surface area contributed by atoms with E-state index in [0.717, 1.165) is 17.0 Å². The fourth-order valence-corrected chi connectivity index (χ4v) is 4.57. The average molecular weight is 320 g/mol. The molecule has 0 saturated carbocycles. The first-order chi connectivity index (χ1) is 10.4. The minimum absolute atomic E-state index is 0.0706. The van der Waals surface area contributed by atoms with E-state index in [2.05, 4.69) is 9.88 Å². The molecule has 1 aromatic carbocycles. The van der Waals surface area contributed by atoms with Gasteiger partial charge in [-0.25, -0.2) is 13.4 Å². The Kier molecular flexibility index (Phi) is 4.06. The zero-order valence-corrected chi connectivity index (χ0v) is 13.6. The molecule has 2 heterocycles. The Morgan fingerprint density at radius 1 is 1.32 bits per heavy atom.